The summed E-state index contributed by atoms with van der Waals surface area (Å²) in [6, 6.07) is 16.5. The molecule has 3 N–H and O–H groups in total. The number of nitrogens with two attached hydrogens (primary N) is 1. The third kappa shape index (κ3) is 4.06. The number of nitrogens with one attached hydrogen (secondary N) is 1. The summed E-state index contributed by atoms with van der Waals surface area (Å²) in [6.45, 7) is 0.350. The number of benzene rings is 2. The van der Waals surface area contributed by atoms with Gasteiger partial charge in [-0.1, -0.05) is 24.3 Å². The van der Waals surface area contributed by atoms with E-state index in [0.29, 0.717) is 24.3 Å². The number of nitriles is 1. The molecule has 0 atom stereocenters. The molecule has 106 valence electrons. The lowest BCUT2D eigenvalue weighted by molar-refractivity contribution is 0.0953. The molecule has 1 amide bonds. The monoisotopic (exact) mass is 281 g/mol. The molecule has 0 unspecified atom stereocenters. The Balaban J connectivity index is 1.99. The number of hydrogen-bond acceptors (Lipinski definition) is 4. The van der Waals surface area contributed by atoms with E-state index < -0.39 is 0 Å². The van der Waals surface area contributed by atoms with Crippen LogP contribution in [-0.4, -0.2) is 5.91 Å². The highest BCUT2D eigenvalue weighted by Gasteiger charge is 2.04. The van der Waals surface area contributed by atoms with E-state index in [2.05, 4.69) is 11.5 Å². The Morgan fingerprint density at radius 2 is 1.95 bits per heavy atom. The van der Waals surface area contributed by atoms with Gasteiger partial charge < -0.3 is 4.74 Å². The molecule has 21 heavy (non-hydrogen) atoms. The lowest BCUT2D eigenvalue weighted by Gasteiger charge is -2.08. The molecule has 0 heterocycles. The number of ether oxygens (including phenoxy) is 1. The number of rotatable bonds is 5. The Labute approximate surface area is 122 Å². The van der Waals surface area contributed by atoms with Crippen LogP contribution in [0.3, 0.4) is 0 Å². The summed E-state index contributed by atoms with van der Waals surface area (Å²) < 4.78 is 5.65. The maximum absolute atomic E-state index is 11.4. The lowest BCUT2D eigenvalue weighted by Crippen LogP contribution is -2.30. The summed E-state index contributed by atoms with van der Waals surface area (Å²) in [4.78, 5) is 11.4. The SMILES string of the molecule is N#CCc1ccc(OCc2cccc(C(=O)NN)c2)cc1. The molecule has 0 fully saturated rings. The van der Waals surface area contributed by atoms with Crippen molar-refractivity contribution in [3.05, 3.63) is 65.2 Å². The van der Waals surface area contributed by atoms with E-state index in [1.54, 1.807) is 18.2 Å². The van der Waals surface area contributed by atoms with Gasteiger partial charge in [-0.25, -0.2) is 5.84 Å². The van der Waals surface area contributed by atoms with Crippen LogP contribution in [0, 0.1) is 11.3 Å². The Hall–Kier alpha value is -2.84. The van der Waals surface area contributed by atoms with Crippen LogP contribution in [0.5, 0.6) is 5.75 Å². The van der Waals surface area contributed by atoms with Gasteiger partial charge in [-0.3, -0.25) is 10.2 Å². The van der Waals surface area contributed by atoms with Crippen molar-refractivity contribution < 1.29 is 9.53 Å². The highest BCUT2D eigenvalue weighted by Crippen LogP contribution is 2.15. The number of nitrogens with zero attached hydrogens (tertiary/aromatic N) is 1. The molecule has 2 rings (SSSR count). The summed E-state index contributed by atoms with van der Waals surface area (Å²) in [7, 11) is 0. The molecular weight excluding hydrogens is 266 g/mol. The third-order valence-corrected chi connectivity index (χ3v) is 2.93. The van der Waals surface area contributed by atoms with Crippen molar-refractivity contribution in [2.45, 2.75) is 13.0 Å². The lowest BCUT2D eigenvalue weighted by atomic mass is 10.1. The summed E-state index contributed by atoms with van der Waals surface area (Å²) in [5.41, 5.74) is 4.41. The van der Waals surface area contributed by atoms with Gasteiger partial charge in [0.1, 0.15) is 12.4 Å². The molecule has 0 spiro atoms. The van der Waals surface area contributed by atoms with E-state index in [-0.39, 0.29) is 5.91 Å². The van der Waals surface area contributed by atoms with Crippen LogP contribution in [0.4, 0.5) is 0 Å². The molecule has 2 aromatic carbocycles. The fourth-order valence-corrected chi connectivity index (χ4v) is 1.85. The smallest absolute Gasteiger partial charge is 0.265 e. The van der Waals surface area contributed by atoms with E-state index in [9.17, 15) is 4.79 Å². The predicted molar refractivity (Wildman–Crippen MR) is 78.2 cm³/mol. The van der Waals surface area contributed by atoms with Crippen LogP contribution in [0.1, 0.15) is 21.5 Å². The summed E-state index contributed by atoms with van der Waals surface area (Å²) in [5.74, 6) is 5.48. The highest BCUT2D eigenvalue weighted by molar-refractivity contribution is 5.93. The zero-order valence-electron chi connectivity index (χ0n) is 11.4. The quantitative estimate of drug-likeness (QED) is 0.498. The second-order valence-electron chi connectivity index (χ2n) is 4.44. The van der Waals surface area contributed by atoms with E-state index in [4.69, 9.17) is 15.8 Å². The average Bonchev–Trinajstić information content (AvgIpc) is 2.54. The van der Waals surface area contributed by atoms with Crippen LogP contribution < -0.4 is 16.0 Å². The molecule has 0 aliphatic heterocycles. The van der Waals surface area contributed by atoms with E-state index in [0.717, 1.165) is 11.1 Å². The summed E-state index contributed by atoms with van der Waals surface area (Å²) in [5, 5.41) is 8.61. The van der Waals surface area contributed by atoms with Gasteiger partial charge in [-0.15, -0.1) is 0 Å². The summed E-state index contributed by atoms with van der Waals surface area (Å²) in [6.07, 6.45) is 0.385. The fourth-order valence-electron chi connectivity index (χ4n) is 1.85. The van der Waals surface area contributed by atoms with Crippen molar-refractivity contribution in [2.24, 2.45) is 5.84 Å². The first-order chi connectivity index (χ1) is 10.2. The van der Waals surface area contributed by atoms with E-state index >= 15 is 0 Å². The fraction of sp³-hybridized carbons (Fsp3) is 0.125. The van der Waals surface area contributed by atoms with Crippen molar-refractivity contribution in [1.82, 2.24) is 5.43 Å². The molecule has 0 bridgehead atoms. The van der Waals surface area contributed by atoms with Gasteiger partial charge in [0.15, 0.2) is 0 Å². The second kappa shape index (κ2) is 7.08. The molecule has 0 radical (unpaired) electrons. The molecule has 5 heteroatoms. The van der Waals surface area contributed by atoms with Crippen LogP contribution in [-0.2, 0) is 13.0 Å². The van der Waals surface area contributed by atoms with Crippen molar-refractivity contribution >= 4 is 5.91 Å². The van der Waals surface area contributed by atoms with Crippen molar-refractivity contribution in [3.63, 3.8) is 0 Å². The Kier molecular flexibility index (Phi) is 4.91. The number of hydrogen-bond donors (Lipinski definition) is 2. The van der Waals surface area contributed by atoms with E-state index in [1.165, 1.54) is 0 Å². The molecule has 0 aromatic heterocycles. The number of hydrazine groups is 1. The minimum absolute atomic E-state index is 0.335. The standard InChI is InChI=1S/C16H15N3O2/c17-9-8-12-4-6-15(7-5-12)21-11-13-2-1-3-14(10-13)16(20)19-18/h1-7,10H,8,11,18H2,(H,19,20). The minimum atomic E-state index is -0.335. The minimum Gasteiger partial charge on any atom is -0.489 e. The molecular formula is C16H15N3O2. The second-order valence-corrected chi connectivity index (χ2v) is 4.44. The number of carbonyl (C=O) groups excluding carboxylic acids is 1. The van der Waals surface area contributed by atoms with Gasteiger partial charge >= 0.3 is 0 Å². The normalized spacial score (nSPS) is 9.71. The number of nitrogen functional groups attached to an aromatic ring is 1. The Bertz CT molecular complexity index is 660. The third-order valence-electron chi connectivity index (χ3n) is 2.93. The first-order valence-corrected chi connectivity index (χ1v) is 6.41. The molecule has 0 saturated carbocycles. The molecule has 5 nitrogen and oxygen atoms in total. The topological polar surface area (TPSA) is 88.1 Å². The first kappa shape index (κ1) is 14.6. The molecule has 0 aliphatic carbocycles. The maximum atomic E-state index is 11.4. The van der Waals surface area contributed by atoms with Gasteiger partial charge in [0, 0.05) is 5.56 Å². The highest BCUT2D eigenvalue weighted by atomic mass is 16.5. The largest absolute Gasteiger partial charge is 0.489 e. The maximum Gasteiger partial charge on any atom is 0.265 e. The number of carbonyl (C=O) groups is 1. The zero-order chi connectivity index (χ0) is 15.1. The molecule has 2 aromatic rings. The van der Waals surface area contributed by atoms with Gasteiger partial charge in [0.2, 0.25) is 0 Å². The predicted octanol–water partition coefficient (Wildman–Crippen LogP) is 1.94. The van der Waals surface area contributed by atoms with Gasteiger partial charge in [0.25, 0.3) is 5.91 Å². The Morgan fingerprint density at radius 3 is 2.62 bits per heavy atom. The average molecular weight is 281 g/mol. The van der Waals surface area contributed by atoms with Crippen molar-refractivity contribution in [2.75, 3.05) is 0 Å². The van der Waals surface area contributed by atoms with Crippen LogP contribution >= 0.6 is 0 Å². The van der Waals surface area contributed by atoms with Crippen molar-refractivity contribution in [1.29, 1.82) is 5.26 Å². The molecule has 0 aliphatic rings. The van der Waals surface area contributed by atoms with E-state index in [1.807, 2.05) is 30.3 Å². The summed E-state index contributed by atoms with van der Waals surface area (Å²) >= 11 is 0. The zero-order valence-corrected chi connectivity index (χ0v) is 11.4. The number of amides is 1. The van der Waals surface area contributed by atoms with Crippen LogP contribution in [0.2, 0.25) is 0 Å². The van der Waals surface area contributed by atoms with Gasteiger partial charge in [-0.05, 0) is 35.4 Å². The first-order valence-electron chi connectivity index (χ1n) is 6.41. The van der Waals surface area contributed by atoms with Crippen molar-refractivity contribution in [3.8, 4) is 11.8 Å². The Morgan fingerprint density at radius 1 is 1.19 bits per heavy atom. The van der Waals surface area contributed by atoms with Gasteiger partial charge in [-0.2, -0.15) is 5.26 Å². The van der Waals surface area contributed by atoms with Crippen LogP contribution in [0.25, 0.3) is 0 Å². The van der Waals surface area contributed by atoms with Gasteiger partial charge in [0.05, 0.1) is 12.5 Å². The van der Waals surface area contributed by atoms with Crippen LogP contribution in [0.15, 0.2) is 48.5 Å². The molecule has 0 saturated heterocycles.